The molecule has 0 aliphatic carbocycles. The monoisotopic (exact) mass is 491 g/mol. The second-order valence-electron chi connectivity index (χ2n) is 7.26. The minimum Gasteiger partial charge on any atom is -0.339 e. The number of halogens is 1. The van der Waals surface area contributed by atoms with Crippen LogP contribution in [0.4, 0.5) is 0 Å². The van der Waals surface area contributed by atoms with E-state index < -0.39 is 10.0 Å². The van der Waals surface area contributed by atoms with E-state index in [1.807, 2.05) is 41.9 Å². The number of rotatable bonds is 6. The van der Waals surface area contributed by atoms with E-state index in [0.29, 0.717) is 23.3 Å². The second kappa shape index (κ2) is 9.62. The molecule has 0 unspecified atom stereocenters. The number of amides is 1. The number of thioether (sulfide) groups is 1. The Balaban J connectivity index is 1.33. The molecule has 0 bridgehead atoms. The molecule has 1 amide bonds. The Bertz CT molecular complexity index is 1190. The van der Waals surface area contributed by atoms with Gasteiger partial charge in [-0.05, 0) is 24.3 Å². The first kappa shape index (κ1) is 22.8. The van der Waals surface area contributed by atoms with Crippen LogP contribution in [-0.4, -0.2) is 70.2 Å². The lowest BCUT2D eigenvalue weighted by molar-refractivity contribution is -0.129. The number of carbonyl (C=O) groups is 1. The molecule has 0 atom stereocenters. The van der Waals surface area contributed by atoms with E-state index in [9.17, 15) is 13.2 Å². The van der Waals surface area contributed by atoms with Crippen LogP contribution in [0.1, 0.15) is 0 Å². The highest BCUT2D eigenvalue weighted by Crippen LogP contribution is 2.23. The molecule has 1 aliphatic heterocycles. The number of benzene rings is 2. The number of carbonyl (C=O) groups excluding carboxylic acids is 1. The van der Waals surface area contributed by atoms with Crippen LogP contribution in [0.25, 0.3) is 11.4 Å². The van der Waals surface area contributed by atoms with Gasteiger partial charge in [-0.1, -0.05) is 53.7 Å². The third kappa shape index (κ3) is 4.83. The standard InChI is InChI=1S/C21H22ClN5O3S2/c1-25-20(16-5-3-2-4-6-16)23-24-21(25)31-15-19(28)26-11-13-27(14-12-26)32(29,30)18-9-7-17(22)8-10-18/h2-10H,11-15H2,1H3. The van der Waals surface area contributed by atoms with Crippen molar-refractivity contribution in [3.8, 4) is 11.4 Å². The molecule has 4 rings (SSSR count). The van der Waals surface area contributed by atoms with Crippen LogP contribution in [0.15, 0.2) is 64.6 Å². The molecule has 2 aromatic carbocycles. The number of sulfonamides is 1. The van der Waals surface area contributed by atoms with Gasteiger partial charge < -0.3 is 9.47 Å². The summed E-state index contributed by atoms with van der Waals surface area (Å²) < 4.78 is 28.9. The summed E-state index contributed by atoms with van der Waals surface area (Å²) in [6, 6.07) is 15.8. The summed E-state index contributed by atoms with van der Waals surface area (Å²) in [5, 5.41) is 9.57. The minimum absolute atomic E-state index is 0.0530. The molecule has 1 fully saturated rings. The Morgan fingerprint density at radius 2 is 1.66 bits per heavy atom. The highest BCUT2D eigenvalue weighted by Gasteiger charge is 2.30. The van der Waals surface area contributed by atoms with Crippen molar-refractivity contribution in [1.82, 2.24) is 24.0 Å². The molecule has 1 aromatic heterocycles. The van der Waals surface area contributed by atoms with Crippen molar-refractivity contribution in [2.75, 3.05) is 31.9 Å². The lowest BCUT2D eigenvalue weighted by Crippen LogP contribution is -2.50. The highest BCUT2D eigenvalue weighted by molar-refractivity contribution is 7.99. The van der Waals surface area contributed by atoms with Gasteiger partial charge in [0.25, 0.3) is 0 Å². The number of piperazine rings is 1. The van der Waals surface area contributed by atoms with Crippen molar-refractivity contribution in [1.29, 1.82) is 0 Å². The Labute approximate surface area is 196 Å². The van der Waals surface area contributed by atoms with Crippen LogP contribution in [0.3, 0.4) is 0 Å². The van der Waals surface area contributed by atoms with E-state index in [1.54, 1.807) is 17.0 Å². The highest BCUT2D eigenvalue weighted by atomic mass is 35.5. The fourth-order valence-corrected chi connectivity index (χ4v) is 5.79. The number of hydrogen-bond donors (Lipinski definition) is 0. The molecule has 0 N–H and O–H groups in total. The number of nitrogens with zero attached hydrogens (tertiary/aromatic N) is 5. The molecule has 8 nitrogen and oxygen atoms in total. The van der Waals surface area contributed by atoms with E-state index in [1.165, 1.54) is 28.2 Å². The molecular weight excluding hydrogens is 470 g/mol. The molecule has 3 aromatic rings. The van der Waals surface area contributed by atoms with Crippen LogP contribution in [-0.2, 0) is 21.9 Å². The van der Waals surface area contributed by atoms with Crippen molar-refractivity contribution in [3.05, 3.63) is 59.6 Å². The van der Waals surface area contributed by atoms with E-state index in [4.69, 9.17) is 11.6 Å². The van der Waals surface area contributed by atoms with Crippen LogP contribution in [0.2, 0.25) is 5.02 Å². The lowest BCUT2D eigenvalue weighted by Gasteiger charge is -2.34. The average molecular weight is 492 g/mol. The lowest BCUT2D eigenvalue weighted by atomic mass is 10.2. The van der Waals surface area contributed by atoms with Gasteiger partial charge in [0.2, 0.25) is 15.9 Å². The first-order valence-electron chi connectivity index (χ1n) is 9.97. The molecule has 2 heterocycles. The third-order valence-electron chi connectivity index (χ3n) is 5.23. The van der Waals surface area contributed by atoms with Crippen molar-refractivity contribution < 1.29 is 13.2 Å². The molecular formula is C21H22ClN5O3S2. The zero-order chi connectivity index (χ0) is 22.7. The largest absolute Gasteiger partial charge is 0.339 e. The molecule has 0 radical (unpaired) electrons. The molecule has 11 heteroatoms. The molecule has 0 saturated carbocycles. The minimum atomic E-state index is -3.60. The Morgan fingerprint density at radius 3 is 2.31 bits per heavy atom. The van der Waals surface area contributed by atoms with E-state index in [2.05, 4.69) is 10.2 Å². The van der Waals surface area contributed by atoms with Gasteiger partial charge >= 0.3 is 0 Å². The van der Waals surface area contributed by atoms with Crippen LogP contribution < -0.4 is 0 Å². The smallest absolute Gasteiger partial charge is 0.243 e. The summed E-state index contributed by atoms with van der Waals surface area (Å²) in [5.74, 6) is 0.898. The maximum absolute atomic E-state index is 12.8. The summed E-state index contributed by atoms with van der Waals surface area (Å²) in [4.78, 5) is 14.6. The summed E-state index contributed by atoms with van der Waals surface area (Å²) in [6.45, 7) is 1.20. The predicted octanol–water partition coefficient (Wildman–Crippen LogP) is 2.76. The zero-order valence-electron chi connectivity index (χ0n) is 17.4. The van der Waals surface area contributed by atoms with Gasteiger partial charge in [0, 0.05) is 43.8 Å². The van der Waals surface area contributed by atoms with Gasteiger partial charge in [-0.3, -0.25) is 4.79 Å². The summed E-state index contributed by atoms with van der Waals surface area (Å²) in [7, 11) is -1.73. The SMILES string of the molecule is Cn1c(SCC(=O)N2CCN(S(=O)(=O)c3ccc(Cl)cc3)CC2)nnc1-c1ccccc1. The van der Waals surface area contributed by atoms with E-state index >= 15 is 0 Å². The van der Waals surface area contributed by atoms with Gasteiger partial charge in [0.15, 0.2) is 11.0 Å². The van der Waals surface area contributed by atoms with Crippen molar-refractivity contribution in [2.24, 2.45) is 7.05 Å². The van der Waals surface area contributed by atoms with Crippen molar-refractivity contribution in [3.63, 3.8) is 0 Å². The zero-order valence-corrected chi connectivity index (χ0v) is 19.8. The number of hydrogen-bond acceptors (Lipinski definition) is 6. The molecule has 1 saturated heterocycles. The second-order valence-corrected chi connectivity index (χ2v) is 10.6. The van der Waals surface area contributed by atoms with Gasteiger partial charge in [-0.15, -0.1) is 10.2 Å². The molecule has 32 heavy (non-hydrogen) atoms. The predicted molar refractivity (Wildman–Crippen MR) is 124 cm³/mol. The summed E-state index contributed by atoms with van der Waals surface area (Å²) in [5.41, 5.74) is 0.957. The van der Waals surface area contributed by atoms with E-state index in [0.717, 1.165) is 11.4 Å². The Kier molecular flexibility index (Phi) is 6.85. The van der Waals surface area contributed by atoms with Gasteiger partial charge in [-0.25, -0.2) is 8.42 Å². The average Bonchev–Trinajstić information content (AvgIpc) is 3.18. The van der Waals surface area contributed by atoms with Gasteiger partial charge in [0.1, 0.15) is 0 Å². The summed E-state index contributed by atoms with van der Waals surface area (Å²) in [6.07, 6.45) is 0. The van der Waals surface area contributed by atoms with Crippen LogP contribution >= 0.6 is 23.4 Å². The fourth-order valence-electron chi connectivity index (χ4n) is 3.43. The quantitative estimate of drug-likeness (QED) is 0.493. The fraction of sp³-hybridized carbons (Fsp3) is 0.286. The maximum atomic E-state index is 12.8. The van der Waals surface area contributed by atoms with Gasteiger partial charge in [0.05, 0.1) is 10.6 Å². The van der Waals surface area contributed by atoms with Crippen molar-refractivity contribution in [2.45, 2.75) is 10.1 Å². The summed E-state index contributed by atoms with van der Waals surface area (Å²) >= 11 is 7.18. The Morgan fingerprint density at radius 1 is 1.00 bits per heavy atom. The van der Waals surface area contributed by atoms with Crippen LogP contribution in [0, 0.1) is 0 Å². The van der Waals surface area contributed by atoms with Crippen LogP contribution in [0.5, 0.6) is 0 Å². The first-order chi connectivity index (χ1) is 15.4. The topological polar surface area (TPSA) is 88.4 Å². The third-order valence-corrected chi connectivity index (χ3v) is 8.40. The normalized spacial score (nSPS) is 15.1. The Hall–Kier alpha value is -2.40. The molecule has 1 aliphatic rings. The van der Waals surface area contributed by atoms with E-state index in [-0.39, 0.29) is 29.6 Å². The maximum Gasteiger partial charge on any atom is 0.243 e. The van der Waals surface area contributed by atoms with Gasteiger partial charge in [-0.2, -0.15) is 4.31 Å². The van der Waals surface area contributed by atoms with Crippen molar-refractivity contribution >= 4 is 39.3 Å². The molecule has 0 spiro atoms. The first-order valence-corrected chi connectivity index (χ1v) is 12.8. The number of aromatic nitrogens is 3. The molecule has 168 valence electrons.